The molecule has 3 N–H and O–H groups in total. The minimum Gasteiger partial charge on any atom is -0.480 e. The van der Waals surface area contributed by atoms with Gasteiger partial charge in [0, 0.05) is 6.54 Å². The zero-order valence-electron chi connectivity index (χ0n) is 12.0. The second-order valence-corrected chi connectivity index (χ2v) is 5.00. The van der Waals surface area contributed by atoms with Gasteiger partial charge < -0.3 is 10.4 Å². The number of hydrogen-bond acceptors (Lipinski definition) is 3. The molecule has 0 saturated carbocycles. The van der Waals surface area contributed by atoms with Crippen molar-refractivity contribution in [3.05, 3.63) is 35.9 Å². The monoisotopic (exact) mass is 278 g/mol. The third-order valence-corrected chi connectivity index (χ3v) is 3.19. The molecule has 110 valence electrons. The average Bonchev–Trinajstić information content (AvgIpc) is 2.44. The van der Waals surface area contributed by atoms with Gasteiger partial charge in [0.2, 0.25) is 5.91 Å². The third-order valence-electron chi connectivity index (χ3n) is 3.19. The van der Waals surface area contributed by atoms with Crippen molar-refractivity contribution in [1.82, 2.24) is 10.6 Å². The Hall–Kier alpha value is -1.88. The van der Waals surface area contributed by atoms with Gasteiger partial charge in [-0.15, -0.1) is 0 Å². The van der Waals surface area contributed by atoms with Crippen LogP contribution >= 0.6 is 0 Å². The number of carboxylic acid groups (broad SMARTS) is 1. The van der Waals surface area contributed by atoms with Crippen molar-refractivity contribution in [3.8, 4) is 0 Å². The fourth-order valence-electron chi connectivity index (χ4n) is 1.91. The second-order valence-electron chi connectivity index (χ2n) is 5.00. The third kappa shape index (κ3) is 5.01. The van der Waals surface area contributed by atoms with Gasteiger partial charge in [-0.2, -0.15) is 0 Å². The summed E-state index contributed by atoms with van der Waals surface area (Å²) in [6.45, 7) is 3.95. The van der Waals surface area contributed by atoms with Gasteiger partial charge in [-0.3, -0.25) is 14.9 Å². The van der Waals surface area contributed by atoms with Crippen molar-refractivity contribution < 1.29 is 14.7 Å². The summed E-state index contributed by atoms with van der Waals surface area (Å²) in [5.74, 6) is -1.15. The standard InChI is InChI=1S/C15H22N2O3/c1-3-9-15(2,14(19)20)17-11-13(18)16-10-12-7-5-4-6-8-12/h4-8,17H,3,9-11H2,1-2H3,(H,16,18)(H,19,20). The normalized spacial score (nSPS) is 13.5. The molecule has 1 amide bonds. The number of nitrogens with one attached hydrogen (secondary N) is 2. The molecule has 0 aliphatic rings. The lowest BCUT2D eigenvalue weighted by Crippen LogP contribution is -2.52. The van der Waals surface area contributed by atoms with Crippen molar-refractivity contribution in [1.29, 1.82) is 0 Å². The van der Waals surface area contributed by atoms with Crippen LogP contribution in [0.2, 0.25) is 0 Å². The number of benzene rings is 1. The molecule has 0 fully saturated rings. The maximum absolute atomic E-state index is 11.7. The lowest BCUT2D eigenvalue weighted by Gasteiger charge is -2.25. The van der Waals surface area contributed by atoms with Crippen LogP contribution in [0.1, 0.15) is 32.3 Å². The molecule has 0 aromatic heterocycles. The van der Waals surface area contributed by atoms with Crippen LogP contribution < -0.4 is 10.6 Å². The number of carbonyl (C=O) groups excluding carboxylic acids is 1. The Kier molecular flexibility index (Phi) is 6.18. The number of carbonyl (C=O) groups is 2. The molecule has 1 aromatic carbocycles. The quantitative estimate of drug-likeness (QED) is 0.674. The molecule has 1 atom stereocenters. The van der Waals surface area contributed by atoms with Crippen LogP contribution in [0.15, 0.2) is 30.3 Å². The first-order valence-electron chi connectivity index (χ1n) is 6.77. The maximum atomic E-state index is 11.7. The lowest BCUT2D eigenvalue weighted by atomic mass is 9.96. The van der Waals surface area contributed by atoms with Crippen molar-refractivity contribution in [3.63, 3.8) is 0 Å². The Morgan fingerprint density at radius 1 is 1.25 bits per heavy atom. The Morgan fingerprint density at radius 3 is 2.45 bits per heavy atom. The topological polar surface area (TPSA) is 78.4 Å². The predicted molar refractivity (Wildman–Crippen MR) is 77.2 cm³/mol. The van der Waals surface area contributed by atoms with Gasteiger partial charge in [0.1, 0.15) is 5.54 Å². The highest BCUT2D eigenvalue weighted by molar-refractivity contribution is 5.81. The summed E-state index contributed by atoms with van der Waals surface area (Å²) in [5, 5.41) is 14.8. The van der Waals surface area contributed by atoms with Crippen LogP contribution in [-0.2, 0) is 16.1 Å². The minimum absolute atomic E-state index is 0.00433. The summed E-state index contributed by atoms with van der Waals surface area (Å²) in [7, 11) is 0. The first kappa shape index (κ1) is 16.2. The van der Waals surface area contributed by atoms with Crippen molar-refractivity contribution in [2.24, 2.45) is 0 Å². The lowest BCUT2D eigenvalue weighted by molar-refractivity contribution is -0.144. The van der Waals surface area contributed by atoms with Crippen LogP contribution in [-0.4, -0.2) is 29.1 Å². The molecule has 0 radical (unpaired) electrons. The van der Waals surface area contributed by atoms with E-state index in [1.807, 2.05) is 37.3 Å². The molecule has 1 rings (SSSR count). The highest BCUT2D eigenvalue weighted by Gasteiger charge is 2.31. The van der Waals surface area contributed by atoms with E-state index in [0.717, 1.165) is 12.0 Å². The van der Waals surface area contributed by atoms with E-state index >= 15 is 0 Å². The molecule has 5 nitrogen and oxygen atoms in total. The Labute approximate surface area is 119 Å². The van der Waals surface area contributed by atoms with Gasteiger partial charge in [-0.1, -0.05) is 43.7 Å². The van der Waals surface area contributed by atoms with Crippen molar-refractivity contribution in [2.75, 3.05) is 6.54 Å². The second kappa shape index (κ2) is 7.65. The molecule has 0 bridgehead atoms. The van der Waals surface area contributed by atoms with E-state index in [4.69, 9.17) is 0 Å². The average molecular weight is 278 g/mol. The van der Waals surface area contributed by atoms with Gasteiger partial charge in [0.15, 0.2) is 0 Å². The minimum atomic E-state index is -1.06. The van der Waals surface area contributed by atoms with Crippen LogP contribution in [0.5, 0.6) is 0 Å². The summed E-state index contributed by atoms with van der Waals surface area (Å²) >= 11 is 0. The summed E-state index contributed by atoms with van der Waals surface area (Å²) in [4.78, 5) is 22.9. The summed E-state index contributed by atoms with van der Waals surface area (Å²) in [6, 6.07) is 9.57. The molecular formula is C15H22N2O3. The fourth-order valence-corrected chi connectivity index (χ4v) is 1.91. The number of amides is 1. The summed E-state index contributed by atoms with van der Waals surface area (Å²) in [6.07, 6.45) is 1.22. The van der Waals surface area contributed by atoms with E-state index in [-0.39, 0.29) is 12.5 Å². The predicted octanol–water partition coefficient (Wildman–Crippen LogP) is 1.54. The van der Waals surface area contributed by atoms with Gasteiger partial charge in [-0.25, -0.2) is 0 Å². The smallest absolute Gasteiger partial charge is 0.323 e. The zero-order valence-corrected chi connectivity index (χ0v) is 12.0. The molecule has 1 unspecified atom stereocenters. The molecule has 0 saturated heterocycles. The summed E-state index contributed by atoms with van der Waals surface area (Å²) in [5.41, 5.74) is -0.0471. The Bertz CT molecular complexity index is 448. The molecule has 5 heteroatoms. The number of aliphatic carboxylic acids is 1. The van der Waals surface area contributed by atoms with Gasteiger partial charge in [0.05, 0.1) is 6.54 Å². The molecule has 0 aliphatic carbocycles. The molecular weight excluding hydrogens is 256 g/mol. The van der Waals surface area contributed by atoms with Crippen molar-refractivity contribution >= 4 is 11.9 Å². The Morgan fingerprint density at radius 2 is 1.90 bits per heavy atom. The van der Waals surface area contributed by atoms with E-state index < -0.39 is 11.5 Å². The Balaban J connectivity index is 2.40. The fraction of sp³-hybridized carbons (Fsp3) is 0.467. The SMILES string of the molecule is CCCC(C)(NCC(=O)NCc1ccccc1)C(=O)O. The van der Waals surface area contributed by atoms with Crippen LogP contribution in [0, 0.1) is 0 Å². The van der Waals surface area contributed by atoms with E-state index in [0.29, 0.717) is 13.0 Å². The van der Waals surface area contributed by atoms with Gasteiger partial charge in [-0.05, 0) is 18.9 Å². The maximum Gasteiger partial charge on any atom is 0.323 e. The van der Waals surface area contributed by atoms with E-state index in [1.165, 1.54) is 0 Å². The zero-order chi connectivity index (χ0) is 15.0. The highest BCUT2D eigenvalue weighted by atomic mass is 16.4. The first-order valence-corrected chi connectivity index (χ1v) is 6.77. The van der Waals surface area contributed by atoms with E-state index in [1.54, 1.807) is 6.92 Å². The van der Waals surface area contributed by atoms with Crippen LogP contribution in [0.4, 0.5) is 0 Å². The molecule has 1 aromatic rings. The number of rotatable bonds is 8. The number of carboxylic acids is 1. The first-order chi connectivity index (χ1) is 9.48. The molecule has 0 aliphatic heterocycles. The van der Waals surface area contributed by atoms with Crippen LogP contribution in [0.3, 0.4) is 0 Å². The highest BCUT2D eigenvalue weighted by Crippen LogP contribution is 2.11. The number of hydrogen-bond donors (Lipinski definition) is 3. The molecule has 0 spiro atoms. The van der Waals surface area contributed by atoms with Crippen LogP contribution in [0.25, 0.3) is 0 Å². The largest absolute Gasteiger partial charge is 0.480 e. The summed E-state index contributed by atoms with van der Waals surface area (Å²) < 4.78 is 0. The van der Waals surface area contributed by atoms with E-state index in [2.05, 4.69) is 10.6 Å². The van der Waals surface area contributed by atoms with Crippen molar-refractivity contribution in [2.45, 2.75) is 38.8 Å². The molecule has 0 heterocycles. The van der Waals surface area contributed by atoms with Gasteiger partial charge in [0.25, 0.3) is 0 Å². The van der Waals surface area contributed by atoms with Gasteiger partial charge >= 0.3 is 5.97 Å². The van der Waals surface area contributed by atoms with E-state index in [9.17, 15) is 14.7 Å². The molecule has 20 heavy (non-hydrogen) atoms.